The number of urea groups is 1. The van der Waals surface area contributed by atoms with Crippen LogP contribution in [0.5, 0.6) is 0 Å². The van der Waals surface area contributed by atoms with E-state index < -0.39 is 0 Å². The van der Waals surface area contributed by atoms with Crippen molar-refractivity contribution in [2.45, 2.75) is 33.6 Å². The van der Waals surface area contributed by atoms with Gasteiger partial charge in [-0.15, -0.1) is 11.3 Å². The minimum atomic E-state index is -0.119. The Kier molecular flexibility index (Phi) is 5.05. The molecular weight excluding hydrogens is 272 g/mol. The highest BCUT2D eigenvalue weighted by atomic mass is 32.1. The van der Waals surface area contributed by atoms with Gasteiger partial charge in [-0.2, -0.15) is 0 Å². The van der Waals surface area contributed by atoms with E-state index in [1.165, 1.54) is 0 Å². The number of anilines is 1. The van der Waals surface area contributed by atoms with Crippen LogP contribution < -0.4 is 10.6 Å². The number of carbonyl (C=O) groups excluding carboxylic acids is 1. The van der Waals surface area contributed by atoms with Gasteiger partial charge in [0.05, 0.1) is 5.69 Å². The van der Waals surface area contributed by atoms with Gasteiger partial charge in [-0.25, -0.2) is 4.79 Å². The summed E-state index contributed by atoms with van der Waals surface area (Å²) in [7, 11) is 0. The van der Waals surface area contributed by atoms with E-state index in [4.69, 9.17) is 4.74 Å². The molecule has 1 fully saturated rings. The molecule has 1 aromatic heterocycles. The van der Waals surface area contributed by atoms with Crippen LogP contribution in [-0.2, 0) is 4.74 Å². The zero-order valence-corrected chi connectivity index (χ0v) is 13.3. The van der Waals surface area contributed by atoms with Crippen molar-refractivity contribution < 1.29 is 9.53 Å². The molecule has 0 aromatic carbocycles. The first kappa shape index (κ1) is 15.3. The molecular formula is C15H24N2O2S. The molecule has 1 aromatic rings. The number of amides is 2. The van der Waals surface area contributed by atoms with Gasteiger partial charge in [0.25, 0.3) is 0 Å². The van der Waals surface area contributed by atoms with E-state index in [1.807, 2.05) is 17.7 Å². The summed E-state index contributed by atoms with van der Waals surface area (Å²) in [4.78, 5) is 11.9. The molecule has 0 saturated carbocycles. The van der Waals surface area contributed by atoms with Crippen LogP contribution in [0.15, 0.2) is 10.8 Å². The Bertz CT molecular complexity index is 450. The number of thiophene rings is 1. The van der Waals surface area contributed by atoms with Gasteiger partial charge >= 0.3 is 6.03 Å². The average Bonchev–Trinajstić information content (AvgIpc) is 2.83. The maximum absolute atomic E-state index is 11.9. The molecule has 5 heteroatoms. The summed E-state index contributed by atoms with van der Waals surface area (Å²) in [5.41, 5.74) is 2.11. The van der Waals surface area contributed by atoms with Crippen molar-refractivity contribution in [2.75, 3.05) is 25.1 Å². The van der Waals surface area contributed by atoms with E-state index in [0.29, 0.717) is 12.5 Å². The molecule has 0 bridgehead atoms. The van der Waals surface area contributed by atoms with Crippen LogP contribution in [0.2, 0.25) is 0 Å². The van der Waals surface area contributed by atoms with Gasteiger partial charge in [-0.1, -0.05) is 13.8 Å². The summed E-state index contributed by atoms with van der Waals surface area (Å²) in [6.45, 7) is 8.81. The number of aryl methyl sites for hydroxylation is 1. The lowest BCUT2D eigenvalue weighted by molar-refractivity contribution is 0.0238. The van der Waals surface area contributed by atoms with Gasteiger partial charge in [-0.3, -0.25) is 0 Å². The largest absolute Gasteiger partial charge is 0.381 e. The Hall–Kier alpha value is -1.07. The Morgan fingerprint density at radius 1 is 1.40 bits per heavy atom. The maximum atomic E-state index is 11.9. The number of ether oxygens (including phenoxy) is 1. The molecule has 2 N–H and O–H groups in total. The fourth-order valence-electron chi connectivity index (χ4n) is 2.59. The number of carbonyl (C=O) groups is 1. The van der Waals surface area contributed by atoms with Crippen molar-refractivity contribution in [2.24, 2.45) is 11.3 Å². The molecule has 2 heterocycles. The van der Waals surface area contributed by atoms with Crippen molar-refractivity contribution in [3.8, 4) is 0 Å². The third-order valence-corrected chi connectivity index (χ3v) is 5.00. The Morgan fingerprint density at radius 2 is 2.10 bits per heavy atom. The standard InChI is InChI=1S/C15H24N2O2S/c1-11-8-20-9-13(11)17-14(18)16-10-15(2,3)12-4-6-19-7-5-12/h8-9,12H,4-7,10H2,1-3H3,(H2,16,17,18). The molecule has 0 atom stereocenters. The second-order valence-corrected chi connectivity index (χ2v) is 6.89. The zero-order valence-electron chi connectivity index (χ0n) is 12.5. The molecule has 2 amide bonds. The smallest absolute Gasteiger partial charge is 0.319 e. The lowest BCUT2D eigenvalue weighted by Crippen LogP contribution is -2.42. The maximum Gasteiger partial charge on any atom is 0.319 e. The third-order valence-electron chi connectivity index (χ3n) is 4.13. The summed E-state index contributed by atoms with van der Waals surface area (Å²) in [5, 5.41) is 9.89. The molecule has 0 spiro atoms. The first-order chi connectivity index (χ1) is 9.49. The predicted octanol–water partition coefficient (Wildman–Crippen LogP) is 3.63. The molecule has 0 aliphatic carbocycles. The van der Waals surface area contributed by atoms with Gasteiger partial charge in [0, 0.05) is 25.1 Å². The number of rotatable bonds is 4. The highest BCUT2D eigenvalue weighted by Gasteiger charge is 2.31. The van der Waals surface area contributed by atoms with E-state index in [-0.39, 0.29) is 11.4 Å². The summed E-state index contributed by atoms with van der Waals surface area (Å²) in [6.07, 6.45) is 2.17. The first-order valence-corrected chi connectivity index (χ1v) is 8.09. The number of hydrogen-bond donors (Lipinski definition) is 2. The van der Waals surface area contributed by atoms with Gasteiger partial charge in [0.1, 0.15) is 0 Å². The Labute approximate surface area is 124 Å². The topological polar surface area (TPSA) is 50.4 Å². The molecule has 1 saturated heterocycles. The van der Waals surface area contributed by atoms with Crippen LogP contribution in [0.25, 0.3) is 0 Å². The van der Waals surface area contributed by atoms with Crippen molar-refractivity contribution >= 4 is 23.1 Å². The molecule has 4 nitrogen and oxygen atoms in total. The lowest BCUT2D eigenvalue weighted by Gasteiger charge is -2.37. The molecule has 1 aliphatic rings. The monoisotopic (exact) mass is 296 g/mol. The zero-order chi connectivity index (χ0) is 14.6. The molecule has 2 rings (SSSR count). The predicted molar refractivity (Wildman–Crippen MR) is 83.4 cm³/mol. The first-order valence-electron chi connectivity index (χ1n) is 7.14. The molecule has 112 valence electrons. The second kappa shape index (κ2) is 6.59. The van der Waals surface area contributed by atoms with Crippen molar-refractivity contribution in [3.05, 3.63) is 16.3 Å². The van der Waals surface area contributed by atoms with Crippen LogP contribution in [0.4, 0.5) is 10.5 Å². The summed E-state index contributed by atoms with van der Waals surface area (Å²) in [5.74, 6) is 0.611. The SMILES string of the molecule is Cc1cscc1NC(=O)NCC(C)(C)C1CCOCC1. The van der Waals surface area contributed by atoms with Gasteiger partial charge in [-0.05, 0) is 42.0 Å². The van der Waals surface area contributed by atoms with Crippen molar-refractivity contribution in [1.29, 1.82) is 0 Å². The lowest BCUT2D eigenvalue weighted by atomic mass is 9.74. The number of hydrogen-bond acceptors (Lipinski definition) is 3. The van der Waals surface area contributed by atoms with E-state index in [1.54, 1.807) is 11.3 Å². The average molecular weight is 296 g/mol. The molecule has 20 heavy (non-hydrogen) atoms. The minimum absolute atomic E-state index is 0.102. The molecule has 0 unspecified atom stereocenters. The highest BCUT2D eigenvalue weighted by molar-refractivity contribution is 7.08. The van der Waals surface area contributed by atoms with Crippen LogP contribution >= 0.6 is 11.3 Å². The van der Waals surface area contributed by atoms with Gasteiger partial charge < -0.3 is 15.4 Å². The van der Waals surface area contributed by atoms with Crippen LogP contribution in [-0.4, -0.2) is 25.8 Å². The summed E-state index contributed by atoms with van der Waals surface area (Å²) in [6, 6.07) is -0.119. The van der Waals surface area contributed by atoms with Crippen LogP contribution in [0.3, 0.4) is 0 Å². The second-order valence-electron chi connectivity index (χ2n) is 6.15. The fraction of sp³-hybridized carbons (Fsp3) is 0.667. The molecule has 0 radical (unpaired) electrons. The third kappa shape index (κ3) is 3.96. The Morgan fingerprint density at radius 3 is 2.70 bits per heavy atom. The van der Waals surface area contributed by atoms with Crippen LogP contribution in [0.1, 0.15) is 32.3 Å². The normalized spacial score (nSPS) is 16.9. The minimum Gasteiger partial charge on any atom is -0.381 e. The van der Waals surface area contributed by atoms with Crippen molar-refractivity contribution in [1.82, 2.24) is 5.32 Å². The summed E-state index contributed by atoms with van der Waals surface area (Å²) >= 11 is 1.60. The van der Waals surface area contributed by atoms with E-state index in [9.17, 15) is 4.79 Å². The fourth-order valence-corrected chi connectivity index (χ4v) is 3.37. The van der Waals surface area contributed by atoms with Gasteiger partial charge in [0.15, 0.2) is 0 Å². The Balaban J connectivity index is 1.81. The van der Waals surface area contributed by atoms with E-state index >= 15 is 0 Å². The summed E-state index contributed by atoms with van der Waals surface area (Å²) < 4.78 is 5.41. The number of nitrogens with one attached hydrogen (secondary N) is 2. The quantitative estimate of drug-likeness (QED) is 0.891. The molecule has 1 aliphatic heterocycles. The van der Waals surface area contributed by atoms with E-state index in [2.05, 4.69) is 24.5 Å². The van der Waals surface area contributed by atoms with Crippen LogP contribution in [0, 0.1) is 18.3 Å². The van der Waals surface area contributed by atoms with Gasteiger partial charge in [0.2, 0.25) is 0 Å². The van der Waals surface area contributed by atoms with E-state index in [0.717, 1.165) is 37.3 Å². The highest BCUT2D eigenvalue weighted by Crippen LogP contribution is 2.33. The van der Waals surface area contributed by atoms with Crippen molar-refractivity contribution in [3.63, 3.8) is 0 Å².